The van der Waals surface area contributed by atoms with E-state index in [2.05, 4.69) is 46.8 Å². The van der Waals surface area contributed by atoms with Gasteiger partial charge in [-0.05, 0) is 62.4 Å². The number of amides is 2. The normalized spacial score (nSPS) is 20.8. The fourth-order valence-corrected chi connectivity index (χ4v) is 5.50. The van der Waals surface area contributed by atoms with Crippen LogP contribution in [0.5, 0.6) is 0 Å². The summed E-state index contributed by atoms with van der Waals surface area (Å²) in [5.74, 6) is 0.0179. The maximum atomic E-state index is 13.1. The fourth-order valence-electron chi connectivity index (χ4n) is 5.50. The molecule has 2 fully saturated rings. The lowest BCUT2D eigenvalue weighted by Gasteiger charge is -2.29. The van der Waals surface area contributed by atoms with Gasteiger partial charge in [0.2, 0.25) is 5.91 Å². The van der Waals surface area contributed by atoms with E-state index in [0.29, 0.717) is 12.1 Å². The van der Waals surface area contributed by atoms with E-state index in [0.717, 1.165) is 75.6 Å². The standard InChI is InChI=1S/C30H42N4O2/c1-34(19-18-22-10-4-2-5-11-22)21-25-17-16-24(30(36)32-27-15-9-8-14-26(27)31)20-28(25)33-29(35)23-12-6-3-7-13-23/h2,4-5,10-11,16-17,20,23,26-27H,3,6-9,12-15,18-19,21,31H2,1H3,(H,32,36)(H,33,35). The highest BCUT2D eigenvalue weighted by Gasteiger charge is 2.25. The van der Waals surface area contributed by atoms with Crippen molar-refractivity contribution in [3.63, 3.8) is 0 Å². The number of nitrogens with one attached hydrogen (secondary N) is 2. The second-order valence-corrected chi connectivity index (χ2v) is 10.7. The lowest BCUT2D eigenvalue weighted by atomic mass is 9.88. The number of carbonyl (C=O) groups is 2. The molecule has 36 heavy (non-hydrogen) atoms. The lowest BCUT2D eigenvalue weighted by Crippen LogP contribution is -2.49. The summed E-state index contributed by atoms with van der Waals surface area (Å²) >= 11 is 0. The summed E-state index contributed by atoms with van der Waals surface area (Å²) < 4.78 is 0. The maximum absolute atomic E-state index is 13.1. The van der Waals surface area contributed by atoms with Gasteiger partial charge in [0.15, 0.2) is 0 Å². The molecule has 4 rings (SSSR count). The van der Waals surface area contributed by atoms with Gasteiger partial charge >= 0.3 is 0 Å². The molecule has 4 N–H and O–H groups in total. The van der Waals surface area contributed by atoms with Crippen LogP contribution in [0.3, 0.4) is 0 Å². The molecule has 2 amide bonds. The van der Waals surface area contributed by atoms with Crippen molar-refractivity contribution < 1.29 is 9.59 Å². The molecule has 0 aliphatic heterocycles. The van der Waals surface area contributed by atoms with Crippen molar-refractivity contribution in [1.29, 1.82) is 0 Å². The van der Waals surface area contributed by atoms with Gasteiger partial charge in [-0.25, -0.2) is 0 Å². The molecular weight excluding hydrogens is 448 g/mol. The molecule has 0 saturated heterocycles. The largest absolute Gasteiger partial charge is 0.348 e. The molecule has 0 radical (unpaired) electrons. The highest BCUT2D eigenvalue weighted by molar-refractivity contribution is 5.98. The predicted octanol–water partition coefficient (Wildman–Crippen LogP) is 4.88. The van der Waals surface area contributed by atoms with Crippen LogP contribution in [0.1, 0.15) is 79.3 Å². The second-order valence-electron chi connectivity index (χ2n) is 10.7. The zero-order chi connectivity index (χ0) is 25.3. The summed E-state index contributed by atoms with van der Waals surface area (Å²) in [5, 5.41) is 6.34. The summed E-state index contributed by atoms with van der Waals surface area (Å²) in [6, 6.07) is 16.2. The van der Waals surface area contributed by atoms with E-state index in [1.165, 1.54) is 12.0 Å². The van der Waals surface area contributed by atoms with E-state index < -0.39 is 0 Å². The Bertz CT molecular complexity index is 1000. The van der Waals surface area contributed by atoms with Crippen LogP contribution >= 0.6 is 0 Å². The highest BCUT2D eigenvalue weighted by atomic mass is 16.2. The van der Waals surface area contributed by atoms with Crippen molar-refractivity contribution in [2.24, 2.45) is 11.7 Å². The number of hydrogen-bond acceptors (Lipinski definition) is 4. The molecule has 2 unspecified atom stereocenters. The summed E-state index contributed by atoms with van der Waals surface area (Å²) in [4.78, 5) is 28.5. The zero-order valence-electron chi connectivity index (χ0n) is 21.7. The van der Waals surface area contributed by atoms with Gasteiger partial charge in [0.1, 0.15) is 0 Å². The number of carbonyl (C=O) groups excluding carboxylic acids is 2. The summed E-state index contributed by atoms with van der Waals surface area (Å²) in [6.07, 6.45) is 10.4. The molecule has 194 valence electrons. The molecule has 2 aromatic carbocycles. The molecule has 0 bridgehead atoms. The van der Waals surface area contributed by atoms with Crippen LogP contribution in [0.15, 0.2) is 48.5 Å². The molecule has 6 nitrogen and oxygen atoms in total. The Hall–Kier alpha value is -2.70. The number of hydrogen-bond donors (Lipinski definition) is 3. The van der Waals surface area contributed by atoms with Crippen LogP contribution in [0, 0.1) is 5.92 Å². The van der Waals surface area contributed by atoms with Gasteiger partial charge in [-0.2, -0.15) is 0 Å². The van der Waals surface area contributed by atoms with Gasteiger partial charge < -0.3 is 21.3 Å². The van der Waals surface area contributed by atoms with Gasteiger partial charge in [-0.3, -0.25) is 9.59 Å². The van der Waals surface area contributed by atoms with Crippen LogP contribution in [0.4, 0.5) is 5.69 Å². The first-order chi connectivity index (χ1) is 17.5. The Morgan fingerprint density at radius 2 is 1.67 bits per heavy atom. The molecule has 2 aromatic rings. The molecule has 6 heteroatoms. The quantitative estimate of drug-likeness (QED) is 0.468. The van der Waals surface area contributed by atoms with Crippen LogP contribution in [0.25, 0.3) is 0 Å². The summed E-state index contributed by atoms with van der Waals surface area (Å²) in [5.41, 5.74) is 9.91. The molecule has 0 aromatic heterocycles. The molecule has 2 aliphatic rings. The molecule has 2 aliphatic carbocycles. The summed E-state index contributed by atoms with van der Waals surface area (Å²) in [6.45, 7) is 1.60. The monoisotopic (exact) mass is 490 g/mol. The Balaban J connectivity index is 1.47. The van der Waals surface area contributed by atoms with Gasteiger partial charge in [0.25, 0.3) is 5.91 Å². The summed E-state index contributed by atoms with van der Waals surface area (Å²) in [7, 11) is 2.10. The average molecular weight is 491 g/mol. The Kier molecular flexibility index (Phi) is 9.54. The third kappa shape index (κ3) is 7.40. The van der Waals surface area contributed by atoms with Crippen LogP contribution < -0.4 is 16.4 Å². The SMILES string of the molecule is CN(CCc1ccccc1)Cc1ccc(C(=O)NC2CCCCC2N)cc1NC(=O)C1CCCCC1. The van der Waals surface area contributed by atoms with Crippen molar-refractivity contribution in [3.8, 4) is 0 Å². The lowest BCUT2D eigenvalue weighted by molar-refractivity contribution is -0.120. The van der Waals surface area contributed by atoms with Gasteiger partial charge in [0, 0.05) is 42.3 Å². The van der Waals surface area contributed by atoms with Crippen molar-refractivity contribution in [2.45, 2.75) is 82.8 Å². The number of rotatable bonds is 9. The molecule has 0 heterocycles. The van der Waals surface area contributed by atoms with Gasteiger partial charge in [-0.1, -0.05) is 68.5 Å². The zero-order valence-corrected chi connectivity index (χ0v) is 21.7. The minimum atomic E-state index is -0.116. The van der Waals surface area contributed by atoms with E-state index in [-0.39, 0.29) is 29.8 Å². The number of nitrogens with zero attached hydrogens (tertiary/aromatic N) is 1. The first-order valence-corrected chi connectivity index (χ1v) is 13.7. The molecular formula is C30H42N4O2. The van der Waals surface area contributed by atoms with Crippen molar-refractivity contribution in [1.82, 2.24) is 10.2 Å². The molecule has 2 saturated carbocycles. The van der Waals surface area contributed by atoms with Crippen LogP contribution in [-0.2, 0) is 17.8 Å². The number of nitrogens with two attached hydrogens (primary N) is 1. The van der Waals surface area contributed by atoms with E-state index in [9.17, 15) is 9.59 Å². The Morgan fingerprint density at radius 1 is 0.944 bits per heavy atom. The third-order valence-electron chi connectivity index (χ3n) is 7.81. The average Bonchev–Trinajstić information content (AvgIpc) is 2.91. The first-order valence-electron chi connectivity index (χ1n) is 13.7. The van der Waals surface area contributed by atoms with Crippen molar-refractivity contribution >= 4 is 17.5 Å². The third-order valence-corrected chi connectivity index (χ3v) is 7.81. The Labute approximate surface area is 216 Å². The molecule has 2 atom stereocenters. The van der Waals surface area contributed by atoms with Gasteiger partial charge in [0.05, 0.1) is 0 Å². The van der Waals surface area contributed by atoms with Gasteiger partial charge in [-0.15, -0.1) is 0 Å². The van der Waals surface area contributed by atoms with E-state index in [4.69, 9.17) is 5.73 Å². The highest BCUT2D eigenvalue weighted by Crippen LogP contribution is 2.27. The minimum absolute atomic E-state index is 0.00529. The smallest absolute Gasteiger partial charge is 0.251 e. The first kappa shape index (κ1) is 26.4. The van der Waals surface area contributed by atoms with Crippen molar-refractivity contribution in [3.05, 3.63) is 65.2 Å². The van der Waals surface area contributed by atoms with E-state index in [1.807, 2.05) is 24.3 Å². The molecule has 0 spiro atoms. The second kappa shape index (κ2) is 13.0. The van der Waals surface area contributed by atoms with E-state index >= 15 is 0 Å². The van der Waals surface area contributed by atoms with Crippen LogP contribution in [-0.4, -0.2) is 42.4 Å². The fraction of sp³-hybridized carbons (Fsp3) is 0.533. The maximum Gasteiger partial charge on any atom is 0.251 e. The minimum Gasteiger partial charge on any atom is -0.348 e. The number of benzene rings is 2. The Morgan fingerprint density at radius 3 is 2.42 bits per heavy atom. The number of anilines is 1. The number of likely N-dealkylation sites (N-methyl/N-ethyl adjacent to an activating group) is 1. The predicted molar refractivity (Wildman–Crippen MR) is 146 cm³/mol. The topological polar surface area (TPSA) is 87.5 Å². The van der Waals surface area contributed by atoms with E-state index in [1.54, 1.807) is 0 Å². The van der Waals surface area contributed by atoms with Crippen molar-refractivity contribution in [2.75, 3.05) is 18.9 Å². The van der Waals surface area contributed by atoms with Crippen LogP contribution in [0.2, 0.25) is 0 Å².